The number of amides is 1. The van der Waals surface area contributed by atoms with Gasteiger partial charge in [-0.1, -0.05) is 36.1 Å². The molecule has 2 aromatic carbocycles. The van der Waals surface area contributed by atoms with Crippen LogP contribution in [0.15, 0.2) is 47.4 Å². The Bertz CT molecular complexity index is 1200. The number of phenols is 1. The van der Waals surface area contributed by atoms with Crippen molar-refractivity contribution in [3.8, 4) is 5.75 Å². The lowest BCUT2D eigenvalue weighted by molar-refractivity contribution is -0.113. The van der Waals surface area contributed by atoms with Crippen molar-refractivity contribution in [2.75, 3.05) is 4.90 Å². The topological polar surface area (TPSA) is 95.7 Å². The molecule has 0 spiro atoms. The summed E-state index contributed by atoms with van der Waals surface area (Å²) in [5.74, 6) is -1.43. The van der Waals surface area contributed by atoms with E-state index in [9.17, 15) is 19.8 Å². The second-order valence-corrected chi connectivity index (χ2v) is 7.72. The van der Waals surface area contributed by atoms with E-state index in [0.717, 1.165) is 22.8 Å². The van der Waals surface area contributed by atoms with Crippen molar-refractivity contribution in [1.29, 1.82) is 0 Å². The lowest BCUT2D eigenvalue weighted by Crippen LogP contribution is -2.27. The van der Waals surface area contributed by atoms with E-state index in [1.54, 1.807) is 6.08 Å². The highest BCUT2D eigenvalue weighted by Crippen LogP contribution is 2.37. The number of para-hydroxylation sites is 2. The zero-order chi connectivity index (χ0) is 20.0. The van der Waals surface area contributed by atoms with Crippen molar-refractivity contribution < 1.29 is 19.8 Å². The van der Waals surface area contributed by atoms with Gasteiger partial charge in [-0.25, -0.2) is 9.78 Å². The van der Waals surface area contributed by atoms with Crippen LogP contribution in [-0.2, 0) is 11.8 Å². The zero-order valence-electron chi connectivity index (χ0n) is 14.5. The minimum atomic E-state index is -1.29. The Morgan fingerprint density at radius 2 is 2.00 bits per heavy atom. The molecule has 4 rings (SSSR count). The Kier molecular flexibility index (Phi) is 4.40. The van der Waals surface area contributed by atoms with Crippen LogP contribution in [0.25, 0.3) is 17.1 Å². The first kappa shape index (κ1) is 18.2. The summed E-state index contributed by atoms with van der Waals surface area (Å²) in [7, 11) is 1.86. The van der Waals surface area contributed by atoms with Gasteiger partial charge in [0.25, 0.3) is 5.91 Å². The predicted molar refractivity (Wildman–Crippen MR) is 111 cm³/mol. The van der Waals surface area contributed by atoms with Crippen LogP contribution in [0.2, 0.25) is 0 Å². The molecule has 0 aliphatic carbocycles. The number of carbonyl (C=O) groups excluding carboxylic acids is 1. The number of fused-ring (bicyclic) bond motifs is 1. The molecule has 28 heavy (non-hydrogen) atoms. The number of rotatable bonds is 3. The van der Waals surface area contributed by atoms with Gasteiger partial charge in [0.15, 0.2) is 4.32 Å². The number of thioether (sulfide) groups is 1. The highest BCUT2D eigenvalue weighted by molar-refractivity contribution is 8.27. The Balaban J connectivity index is 1.73. The molecule has 3 aromatic rings. The Labute approximate surface area is 168 Å². The standard InChI is InChI=1S/C19H13N3O4S2/c1-21-13-5-3-2-4-12(13)20-16(21)9-15-17(24)22(19(27)28-15)10-6-7-14(23)11(8-10)18(25)26/h2-9,23H,1H3,(H,25,26). The molecule has 0 radical (unpaired) electrons. The number of benzene rings is 2. The Morgan fingerprint density at radius 1 is 1.25 bits per heavy atom. The highest BCUT2D eigenvalue weighted by Gasteiger charge is 2.34. The Morgan fingerprint density at radius 3 is 2.71 bits per heavy atom. The van der Waals surface area contributed by atoms with Gasteiger partial charge in [0.05, 0.1) is 21.6 Å². The van der Waals surface area contributed by atoms with E-state index in [-0.39, 0.29) is 27.2 Å². The quantitative estimate of drug-likeness (QED) is 0.504. The maximum absolute atomic E-state index is 12.9. The van der Waals surface area contributed by atoms with Crippen molar-refractivity contribution in [3.63, 3.8) is 0 Å². The van der Waals surface area contributed by atoms with Crippen LogP contribution in [-0.4, -0.2) is 36.0 Å². The third-order valence-electron chi connectivity index (χ3n) is 4.34. The molecule has 7 nitrogen and oxygen atoms in total. The van der Waals surface area contributed by atoms with Crippen LogP contribution in [0.1, 0.15) is 16.2 Å². The normalized spacial score (nSPS) is 15.8. The first-order valence-corrected chi connectivity index (χ1v) is 9.35. The highest BCUT2D eigenvalue weighted by atomic mass is 32.2. The van der Waals surface area contributed by atoms with Gasteiger partial charge < -0.3 is 14.8 Å². The number of imidazole rings is 1. The fourth-order valence-corrected chi connectivity index (χ4v) is 4.20. The zero-order valence-corrected chi connectivity index (χ0v) is 16.1. The molecule has 1 fully saturated rings. The van der Waals surface area contributed by atoms with Crippen molar-refractivity contribution >= 4 is 63.0 Å². The third kappa shape index (κ3) is 2.94. The number of carboxylic acid groups (broad SMARTS) is 1. The fraction of sp³-hybridized carbons (Fsp3) is 0.0526. The predicted octanol–water partition coefficient (Wildman–Crippen LogP) is 3.38. The van der Waals surface area contributed by atoms with E-state index in [1.807, 2.05) is 35.9 Å². The lowest BCUT2D eigenvalue weighted by atomic mass is 10.1. The second kappa shape index (κ2) is 6.77. The number of anilines is 1. The van der Waals surface area contributed by atoms with Crippen LogP contribution in [0.5, 0.6) is 5.75 Å². The molecule has 0 bridgehead atoms. The molecular weight excluding hydrogens is 398 g/mol. The second-order valence-electron chi connectivity index (χ2n) is 6.04. The number of hydrogen-bond donors (Lipinski definition) is 2. The number of aromatic carboxylic acids is 1. The monoisotopic (exact) mass is 411 g/mol. The first-order chi connectivity index (χ1) is 13.4. The minimum absolute atomic E-state index is 0.275. The van der Waals surface area contributed by atoms with E-state index < -0.39 is 5.97 Å². The summed E-state index contributed by atoms with van der Waals surface area (Å²) in [6.07, 6.45) is 1.66. The van der Waals surface area contributed by atoms with E-state index in [4.69, 9.17) is 12.2 Å². The van der Waals surface area contributed by atoms with Crippen LogP contribution in [0.4, 0.5) is 5.69 Å². The van der Waals surface area contributed by atoms with Crippen LogP contribution in [0.3, 0.4) is 0 Å². The summed E-state index contributed by atoms with van der Waals surface area (Å²) >= 11 is 6.44. The van der Waals surface area contributed by atoms with Gasteiger partial charge in [-0.05, 0) is 30.3 Å². The van der Waals surface area contributed by atoms with E-state index in [1.165, 1.54) is 23.1 Å². The number of carboxylic acids is 1. The van der Waals surface area contributed by atoms with Crippen molar-refractivity contribution in [3.05, 3.63) is 58.8 Å². The third-order valence-corrected chi connectivity index (χ3v) is 5.65. The summed E-state index contributed by atoms with van der Waals surface area (Å²) < 4.78 is 2.15. The number of aromatic nitrogens is 2. The SMILES string of the molecule is Cn1c(C=C2SC(=S)N(c3ccc(O)c(C(=O)O)c3)C2=O)nc2ccccc21. The molecule has 9 heteroatoms. The van der Waals surface area contributed by atoms with Gasteiger partial charge in [0.1, 0.15) is 17.1 Å². The molecule has 1 aromatic heterocycles. The number of carbonyl (C=O) groups is 2. The number of thiocarbonyl (C=S) groups is 1. The minimum Gasteiger partial charge on any atom is -0.507 e. The van der Waals surface area contributed by atoms with E-state index in [2.05, 4.69) is 4.98 Å². The number of hydrogen-bond acceptors (Lipinski definition) is 6. The lowest BCUT2D eigenvalue weighted by Gasteiger charge is -2.15. The molecule has 1 saturated heterocycles. The van der Waals surface area contributed by atoms with Gasteiger partial charge in [0.2, 0.25) is 0 Å². The van der Waals surface area contributed by atoms with Crippen LogP contribution < -0.4 is 4.90 Å². The molecule has 2 heterocycles. The summed E-state index contributed by atoms with van der Waals surface area (Å²) in [6.45, 7) is 0. The smallest absolute Gasteiger partial charge is 0.339 e. The molecule has 140 valence electrons. The van der Waals surface area contributed by atoms with E-state index in [0.29, 0.717) is 10.7 Å². The summed E-state index contributed by atoms with van der Waals surface area (Å²) in [5, 5.41) is 18.9. The van der Waals surface area contributed by atoms with Gasteiger partial charge in [-0.3, -0.25) is 9.69 Å². The molecule has 2 N–H and O–H groups in total. The average molecular weight is 411 g/mol. The van der Waals surface area contributed by atoms with Crippen molar-refractivity contribution in [1.82, 2.24) is 9.55 Å². The van der Waals surface area contributed by atoms with Gasteiger partial charge in [-0.2, -0.15) is 0 Å². The number of aromatic hydroxyl groups is 1. The molecule has 0 atom stereocenters. The molecule has 1 aliphatic rings. The average Bonchev–Trinajstić information content (AvgIpc) is 3.12. The molecule has 0 saturated carbocycles. The fourth-order valence-electron chi connectivity index (χ4n) is 2.94. The maximum atomic E-state index is 12.9. The summed E-state index contributed by atoms with van der Waals surface area (Å²) in [6, 6.07) is 11.5. The van der Waals surface area contributed by atoms with Gasteiger partial charge in [0, 0.05) is 13.1 Å². The maximum Gasteiger partial charge on any atom is 0.339 e. The van der Waals surface area contributed by atoms with E-state index >= 15 is 0 Å². The van der Waals surface area contributed by atoms with Crippen molar-refractivity contribution in [2.24, 2.45) is 7.05 Å². The van der Waals surface area contributed by atoms with Crippen molar-refractivity contribution in [2.45, 2.75) is 0 Å². The van der Waals surface area contributed by atoms with Crippen LogP contribution >= 0.6 is 24.0 Å². The molecule has 1 aliphatic heterocycles. The van der Waals surface area contributed by atoms with Gasteiger partial charge in [-0.15, -0.1) is 0 Å². The largest absolute Gasteiger partial charge is 0.507 e. The Hall–Kier alpha value is -3.17. The summed E-state index contributed by atoms with van der Waals surface area (Å²) in [5.41, 5.74) is 1.74. The molecule has 0 unspecified atom stereocenters. The van der Waals surface area contributed by atoms with Crippen LogP contribution in [0, 0.1) is 0 Å². The number of nitrogens with zero attached hydrogens (tertiary/aromatic N) is 3. The summed E-state index contributed by atoms with van der Waals surface area (Å²) in [4.78, 5) is 30.3. The first-order valence-electron chi connectivity index (χ1n) is 8.12. The molecular formula is C19H13N3O4S2. The van der Waals surface area contributed by atoms with Gasteiger partial charge >= 0.3 is 5.97 Å². The molecule has 1 amide bonds. The number of aryl methyl sites for hydroxylation is 1.